The summed E-state index contributed by atoms with van der Waals surface area (Å²) in [5.74, 6) is 0. The van der Waals surface area contributed by atoms with Gasteiger partial charge in [-0.3, -0.25) is 0 Å². The highest BCUT2D eigenvalue weighted by atomic mass is 16.5. The Bertz CT molecular complexity index is 174. The van der Waals surface area contributed by atoms with Crippen molar-refractivity contribution in [2.75, 3.05) is 13.7 Å². The van der Waals surface area contributed by atoms with Crippen molar-refractivity contribution >= 4 is 0 Å². The quantitative estimate of drug-likeness (QED) is 0.593. The van der Waals surface area contributed by atoms with Gasteiger partial charge >= 0.3 is 0 Å². The van der Waals surface area contributed by atoms with E-state index in [0.29, 0.717) is 6.61 Å². The zero-order chi connectivity index (χ0) is 7.40. The third-order valence-electron chi connectivity index (χ3n) is 1.16. The maximum Gasteiger partial charge on any atom is 0.101 e. The fraction of sp³-hybridized carbons (Fsp3) is 0.600. The van der Waals surface area contributed by atoms with Crippen LogP contribution in [0.3, 0.4) is 0 Å². The number of nitrogens with two attached hydrogens (primary N) is 1. The highest BCUT2D eigenvalue weighted by Crippen LogP contribution is 2.02. The van der Waals surface area contributed by atoms with E-state index in [-0.39, 0.29) is 6.04 Å². The molecule has 1 rings (SSSR count). The molecular weight excluding hydrogens is 132 g/mol. The van der Waals surface area contributed by atoms with Crippen LogP contribution < -0.4 is 5.73 Å². The molecule has 3 N–H and O–H groups in total. The van der Waals surface area contributed by atoms with Crippen molar-refractivity contribution in [3.63, 3.8) is 0 Å². The van der Waals surface area contributed by atoms with Crippen molar-refractivity contribution < 1.29 is 4.74 Å². The molecule has 0 spiro atoms. The zero-order valence-electron chi connectivity index (χ0n) is 5.74. The van der Waals surface area contributed by atoms with E-state index in [4.69, 9.17) is 10.5 Å². The van der Waals surface area contributed by atoms with Crippen LogP contribution in [0.15, 0.2) is 6.20 Å². The van der Waals surface area contributed by atoms with Crippen molar-refractivity contribution in [2.45, 2.75) is 6.04 Å². The Labute approximate surface area is 58.6 Å². The van der Waals surface area contributed by atoms with Gasteiger partial charge in [0.05, 0.1) is 18.8 Å². The molecule has 1 atom stereocenters. The number of hydrogen-bond donors (Lipinski definition) is 2. The third-order valence-corrected chi connectivity index (χ3v) is 1.16. The summed E-state index contributed by atoms with van der Waals surface area (Å²) in [7, 11) is 1.60. The first-order valence-electron chi connectivity index (χ1n) is 2.94. The molecule has 0 radical (unpaired) electrons. The normalized spacial score (nSPS) is 13.4. The van der Waals surface area contributed by atoms with Crippen LogP contribution >= 0.6 is 0 Å². The van der Waals surface area contributed by atoms with Gasteiger partial charge in [0.25, 0.3) is 0 Å². The van der Waals surface area contributed by atoms with Gasteiger partial charge in [-0.2, -0.15) is 15.4 Å². The summed E-state index contributed by atoms with van der Waals surface area (Å²) < 4.78 is 4.82. The average Bonchev–Trinajstić information content (AvgIpc) is 2.38. The molecule has 0 fully saturated rings. The first-order chi connectivity index (χ1) is 4.84. The fourth-order valence-corrected chi connectivity index (χ4v) is 0.654. The lowest BCUT2D eigenvalue weighted by molar-refractivity contribution is 0.179. The summed E-state index contributed by atoms with van der Waals surface area (Å²) in [6, 6.07) is -0.177. The van der Waals surface area contributed by atoms with E-state index < -0.39 is 0 Å². The lowest BCUT2D eigenvalue weighted by Crippen LogP contribution is -2.16. The maximum absolute atomic E-state index is 5.60. The van der Waals surface area contributed by atoms with Crippen LogP contribution in [0.4, 0.5) is 0 Å². The van der Waals surface area contributed by atoms with Crippen molar-refractivity contribution in [2.24, 2.45) is 5.73 Å². The number of ether oxygens (including phenoxy) is 1. The molecule has 0 saturated carbocycles. The summed E-state index contributed by atoms with van der Waals surface area (Å²) in [6.07, 6.45) is 1.59. The summed E-state index contributed by atoms with van der Waals surface area (Å²) in [6.45, 7) is 0.465. The van der Waals surface area contributed by atoms with E-state index in [2.05, 4.69) is 15.4 Å². The molecule has 0 saturated heterocycles. The van der Waals surface area contributed by atoms with E-state index in [1.807, 2.05) is 0 Å². The predicted octanol–water partition coefficient (Wildman–Crippen LogP) is -0.549. The summed E-state index contributed by atoms with van der Waals surface area (Å²) >= 11 is 0. The second-order valence-electron chi connectivity index (χ2n) is 1.96. The second-order valence-corrected chi connectivity index (χ2v) is 1.96. The Morgan fingerprint density at radius 1 is 1.90 bits per heavy atom. The molecule has 0 aliphatic rings. The van der Waals surface area contributed by atoms with Gasteiger partial charge in [0, 0.05) is 7.11 Å². The molecule has 10 heavy (non-hydrogen) atoms. The maximum atomic E-state index is 5.60. The molecule has 0 bridgehead atoms. The van der Waals surface area contributed by atoms with Crippen LogP contribution in [-0.2, 0) is 4.74 Å². The summed E-state index contributed by atoms with van der Waals surface area (Å²) in [4.78, 5) is 0. The van der Waals surface area contributed by atoms with E-state index in [1.165, 1.54) is 0 Å². The first-order valence-corrected chi connectivity index (χ1v) is 2.94. The monoisotopic (exact) mass is 142 g/mol. The van der Waals surface area contributed by atoms with Crippen molar-refractivity contribution in [1.29, 1.82) is 0 Å². The van der Waals surface area contributed by atoms with Crippen LogP contribution in [0.1, 0.15) is 11.7 Å². The minimum atomic E-state index is -0.177. The molecule has 0 aromatic carbocycles. The van der Waals surface area contributed by atoms with Crippen molar-refractivity contribution in [3.8, 4) is 0 Å². The number of methoxy groups -OCH3 is 1. The molecule has 56 valence electrons. The predicted molar refractivity (Wildman–Crippen MR) is 35.2 cm³/mol. The molecular formula is C5H10N4O. The van der Waals surface area contributed by atoms with Gasteiger partial charge in [-0.05, 0) is 0 Å². The molecule has 5 heteroatoms. The Morgan fingerprint density at radius 3 is 3.20 bits per heavy atom. The van der Waals surface area contributed by atoms with Gasteiger partial charge in [-0.15, -0.1) is 0 Å². The van der Waals surface area contributed by atoms with E-state index in [9.17, 15) is 0 Å². The van der Waals surface area contributed by atoms with Gasteiger partial charge in [0.1, 0.15) is 5.69 Å². The molecule has 0 amide bonds. The molecule has 1 aromatic heterocycles. The molecule has 5 nitrogen and oxygen atoms in total. The van der Waals surface area contributed by atoms with E-state index >= 15 is 0 Å². The van der Waals surface area contributed by atoms with Crippen LogP contribution in [0.2, 0.25) is 0 Å². The minimum Gasteiger partial charge on any atom is -0.383 e. The topological polar surface area (TPSA) is 76.8 Å². The molecule has 1 heterocycles. The number of nitrogens with one attached hydrogen (secondary N) is 1. The van der Waals surface area contributed by atoms with E-state index in [1.54, 1.807) is 13.3 Å². The summed E-state index contributed by atoms with van der Waals surface area (Å²) in [5, 5.41) is 9.88. The highest BCUT2D eigenvalue weighted by molar-refractivity contribution is 4.97. The van der Waals surface area contributed by atoms with E-state index in [0.717, 1.165) is 5.69 Å². The van der Waals surface area contributed by atoms with Crippen LogP contribution in [0.5, 0.6) is 0 Å². The first kappa shape index (κ1) is 7.17. The molecule has 0 unspecified atom stereocenters. The Kier molecular flexibility index (Phi) is 2.35. The van der Waals surface area contributed by atoms with Gasteiger partial charge in [-0.25, -0.2) is 0 Å². The lowest BCUT2D eigenvalue weighted by atomic mass is 10.2. The molecule has 1 aromatic rings. The van der Waals surface area contributed by atoms with Crippen LogP contribution in [0, 0.1) is 0 Å². The molecule has 0 aliphatic heterocycles. The number of aromatic amines is 1. The Balaban J connectivity index is 2.50. The van der Waals surface area contributed by atoms with Gasteiger partial charge < -0.3 is 10.5 Å². The van der Waals surface area contributed by atoms with Crippen LogP contribution in [-0.4, -0.2) is 29.1 Å². The van der Waals surface area contributed by atoms with Crippen LogP contribution in [0.25, 0.3) is 0 Å². The fourth-order valence-electron chi connectivity index (χ4n) is 0.654. The minimum absolute atomic E-state index is 0.177. The SMILES string of the molecule is COC[C@@H](N)c1cn[nH]n1. The summed E-state index contributed by atoms with van der Waals surface area (Å²) in [5.41, 5.74) is 6.33. The smallest absolute Gasteiger partial charge is 0.101 e. The Morgan fingerprint density at radius 2 is 2.70 bits per heavy atom. The highest BCUT2D eigenvalue weighted by Gasteiger charge is 2.06. The lowest BCUT2D eigenvalue weighted by Gasteiger charge is -2.04. The number of H-pyrrole nitrogens is 1. The Hall–Kier alpha value is -0.940. The number of nitrogens with zero attached hydrogens (tertiary/aromatic N) is 2. The van der Waals surface area contributed by atoms with Gasteiger partial charge in [-0.1, -0.05) is 0 Å². The third kappa shape index (κ3) is 1.52. The van der Waals surface area contributed by atoms with Crippen molar-refractivity contribution in [1.82, 2.24) is 15.4 Å². The number of aromatic nitrogens is 3. The number of rotatable bonds is 3. The van der Waals surface area contributed by atoms with Crippen molar-refractivity contribution in [3.05, 3.63) is 11.9 Å². The number of hydrogen-bond acceptors (Lipinski definition) is 4. The van der Waals surface area contributed by atoms with Gasteiger partial charge in [0.15, 0.2) is 0 Å². The second kappa shape index (κ2) is 3.28. The zero-order valence-corrected chi connectivity index (χ0v) is 5.74. The van der Waals surface area contributed by atoms with Gasteiger partial charge in [0.2, 0.25) is 0 Å². The molecule has 0 aliphatic carbocycles. The standard InChI is InChI=1S/C5H10N4O/c1-10-3-4(6)5-2-7-9-8-5/h2,4H,3,6H2,1H3,(H,7,8,9)/t4-/m1/s1. The average molecular weight is 142 g/mol. The largest absolute Gasteiger partial charge is 0.383 e.